The summed E-state index contributed by atoms with van der Waals surface area (Å²) < 4.78 is 0. The third kappa shape index (κ3) is 5.31. The number of hydrogen-bond acceptors (Lipinski definition) is 4. The maximum atomic E-state index is 12.1. The fraction of sp³-hybridized carbons (Fsp3) is 0.708. The molecule has 0 spiro atoms. The number of aromatic carboxylic acids is 1. The quantitative estimate of drug-likeness (QED) is 0.647. The molecule has 0 atom stereocenters. The molecule has 0 bridgehead atoms. The van der Waals surface area contributed by atoms with E-state index in [2.05, 4.69) is 38.7 Å². The van der Waals surface area contributed by atoms with E-state index in [1.165, 1.54) is 48.2 Å². The Bertz CT molecular complexity index is 751. The van der Waals surface area contributed by atoms with Crippen LogP contribution < -0.4 is 0 Å². The molecule has 0 unspecified atom stereocenters. The molecule has 0 amide bonds. The van der Waals surface area contributed by atoms with E-state index in [9.17, 15) is 15.0 Å². The molecule has 3 rings (SSSR count). The number of carbonyl (C=O) groups is 1. The van der Waals surface area contributed by atoms with Gasteiger partial charge in [0.2, 0.25) is 0 Å². The molecule has 0 aromatic carbocycles. The van der Waals surface area contributed by atoms with Crippen molar-refractivity contribution in [3.63, 3.8) is 0 Å². The average Bonchev–Trinajstić information content (AvgIpc) is 3.13. The Morgan fingerprint density at radius 3 is 2.52 bits per heavy atom. The monoisotopic (exact) mass is 419 g/mol. The van der Waals surface area contributed by atoms with Gasteiger partial charge in [0.05, 0.1) is 0 Å². The SMILES string of the molecule is CC1CCC(C2=C(c3cc(C(C)(C)C)sc3C(=O)O)CN(CCCO)CC2)CC1. The molecule has 29 heavy (non-hydrogen) atoms. The van der Waals surface area contributed by atoms with E-state index in [-0.39, 0.29) is 12.0 Å². The standard InChI is InChI=1S/C24H37NO3S/c1-16-6-8-17(9-7-16)18-10-12-25(11-5-13-26)15-20(18)19-14-21(24(2,3)4)29-22(19)23(27)28/h14,16-17,26H,5-13,15H2,1-4H3,(H,27,28). The van der Waals surface area contributed by atoms with Gasteiger partial charge in [-0.05, 0) is 54.6 Å². The van der Waals surface area contributed by atoms with Crippen molar-refractivity contribution in [2.45, 2.75) is 71.6 Å². The number of aliphatic hydroxyl groups excluding tert-OH is 1. The van der Waals surface area contributed by atoms with E-state index in [0.29, 0.717) is 10.8 Å². The third-order valence-corrected chi connectivity index (χ3v) is 8.15. The first-order valence-corrected chi connectivity index (χ1v) is 12.0. The van der Waals surface area contributed by atoms with Gasteiger partial charge in [-0.1, -0.05) is 46.1 Å². The van der Waals surface area contributed by atoms with E-state index in [1.54, 1.807) is 0 Å². The highest BCUT2D eigenvalue weighted by atomic mass is 32.1. The molecule has 4 nitrogen and oxygen atoms in total. The molecule has 5 heteroatoms. The minimum absolute atomic E-state index is 0.0562. The Morgan fingerprint density at radius 2 is 1.93 bits per heavy atom. The number of hydrogen-bond donors (Lipinski definition) is 2. The van der Waals surface area contributed by atoms with Gasteiger partial charge in [-0.15, -0.1) is 11.3 Å². The van der Waals surface area contributed by atoms with Crippen molar-refractivity contribution in [3.8, 4) is 0 Å². The first kappa shape index (κ1) is 22.5. The normalized spacial score (nSPS) is 24.2. The lowest BCUT2D eigenvalue weighted by molar-refractivity contribution is 0.0701. The molecule has 1 aliphatic heterocycles. The minimum Gasteiger partial charge on any atom is -0.477 e. The number of carboxylic acids is 1. The number of thiophene rings is 1. The molecule has 1 fully saturated rings. The van der Waals surface area contributed by atoms with E-state index in [1.807, 2.05) is 0 Å². The van der Waals surface area contributed by atoms with Crippen molar-refractivity contribution in [2.75, 3.05) is 26.2 Å². The smallest absolute Gasteiger partial charge is 0.346 e. The first-order valence-electron chi connectivity index (χ1n) is 11.1. The van der Waals surface area contributed by atoms with Crippen LogP contribution in [0.15, 0.2) is 11.6 Å². The van der Waals surface area contributed by atoms with Crippen LogP contribution in [-0.4, -0.2) is 47.3 Å². The van der Waals surface area contributed by atoms with Crippen LogP contribution in [0, 0.1) is 11.8 Å². The molecule has 1 aromatic heterocycles. The lowest BCUT2D eigenvalue weighted by atomic mass is 9.75. The summed E-state index contributed by atoms with van der Waals surface area (Å²) in [5.74, 6) is 0.598. The maximum absolute atomic E-state index is 12.1. The predicted molar refractivity (Wildman–Crippen MR) is 121 cm³/mol. The second kappa shape index (κ2) is 9.32. The number of carboxylic acid groups (broad SMARTS) is 1. The lowest BCUT2D eigenvalue weighted by Gasteiger charge is -2.36. The van der Waals surface area contributed by atoms with Crippen molar-refractivity contribution in [3.05, 3.63) is 27.0 Å². The minimum atomic E-state index is -0.808. The second-order valence-electron chi connectivity index (χ2n) is 9.97. The van der Waals surface area contributed by atoms with Crippen LogP contribution in [-0.2, 0) is 5.41 Å². The van der Waals surface area contributed by atoms with Crippen molar-refractivity contribution < 1.29 is 15.0 Å². The van der Waals surface area contributed by atoms with Gasteiger partial charge in [-0.3, -0.25) is 4.90 Å². The molecule has 2 N–H and O–H groups in total. The predicted octanol–water partition coefficient (Wildman–Crippen LogP) is 5.41. The molecule has 0 saturated heterocycles. The van der Waals surface area contributed by atoms with Crippen LogP contribution in [0.5, 0.6) is 0 Å². The van der Waals surface area contributed by atoms with E-state index in [0.717, 1.165) is 48.8 Å². The first-order chi connectivity index (χ1) is 13.7. The molecule has 2 aliphatic rings. The largest absolute Gasteiger partial charge is 0.477 e. The Balaban J connectivity index is 2.03. The molecule has 2 heterocycles. The van der Waals surface area contributed by atoms with E-state index >= 15 is 0 Å². The van der Waals surface area contributed by atoms with Gasteiger partial charge in [0, 0.05) is 36.7 Å². The Morgan fingerprint density at radius 1 is 1.24 bits per heavy atom. The van der Waals surface area contributed by atoms with Crippen molar-refractivity contribution in [2.24, 2.45) is 11.8 Å². The van der Waals surface area contributed by atoms with Crippen LogP contribution >= 0.6 is 11.3 Å². The zero-order valence-corrected chi connectivity index (χ0v) is 19.3. The van der Waals surface area contributed by atoms with Gasteiger partial charge < -0.3 is 10.2 Å². The van der Waals surface area contributed by atoms with Crippen LogP contribution in [0.3, 0.4) is 0 Å². The van der Waals surface area contributed by atoms with Crippen molar-refractivity contribution in [1.82, 2.24) is 4.90 Å². The summed E-state index contributed by atoms with van der Waals surface area (Å²) in [7, 11) is 0. The van der Waals surface area contributed by atoms with Crippen LogP contribution in [0.4, 0.5) is 0 Å². The molecule has 0 radical (unpaired) electrons. The molecule has 1 aromatic rings. The van der Waals surface area contributed by atoms with Gasteiger partial charge in [0.25, 0.3) is 0 Å². The van der Waals surface area contributed by atoms with Crippen molar-refractivity contribution in [1.29, 1.82) is 0 Å². The highest BCUT2D eigenvalue weighted by Crippen LogP contribution is 2.43. The van der Waals surface area contributed by atoms with Gasteiger partial charge >= 0.3 is 5.97 Å². The van der Waals surface area contributed by atoms with Crippen LogP contribution in [0.25, 0.3) is 5.57 Å². The van der Waals surface area contributed by atoms with Gasteiger partial charge in [-0.25, -0.2) is 4.79 Å². The Hall–Kier alpha value is -1.17. The average molecular weight is 420 g/mol. The summed E-state index contributed by atoms with van der Waals surface area (Å²) in [5, 5.41) is 19.2. The zero-order chi connectivity index (χ0) is 21.2. The summed E-state index contributed by atoms with van der Waals surface area (Å²) in [4.78, 5) is 16.2. The lowest BCUT2D eigenvalue weighted by Crippen LogP contribution is -2.34. The fourth-order valence-electron chi connectivity index (χ4n) is 4.78. The van der Waals surface area contributed by atoms with Gasteiger partial charge in [-0.2, -0.15) is 0 Å². The topological polar surface area (TPSA) is 60.8 Å². The zero-order valence-electron chi connectivity index (χ0n) is 18.5. The summed E-state index contributed by atoms with van der Waals surface area (Å²) >= 11 is 1.44. The van der Waals surface area contributed by atoms with E-state index < -0.39 is 5.97 Å². The summed E-state index contributed by atoms with van der Waals surface area (Å²) in [6.07, 6.45) is 6.81. The van der Waals surface area contributed by atoms with Gasteiger partial charge in [0.15, 0.2) is 0 Å². The van der Waals surface area contributed by atoms with E-state index in [4.69, 9.17) is 0 Å². The summed E-state index contributed by atoms with van der Waals surface area (Å²) in [5.41, 5.74) is 3.67. The Kier molecular flexibility index (Phi) is 7.23. The maximum Gasteiger partial charge on any atom is 0.346 e. The second-order valence-corrected chi connectivity index (χ2v) is 11.0. The van der Waals surface area contributed by atoms with Gasteiger partial charge in [0.1, 0.15) is 4.88 Å². The number of rotatable bonds is 6. The summed E-state index contributed by atoms with van der Waals surface area (Å²) in [6, 6.07) is 2.16. The highest BCUT2D eigenvalue weighted by Gasteiger charge is 2.32. The summed E-state index contributed by atoms with van der Waals surface area (Å²) in [6.45, 7) is 11.7. The molecule has 1 aliphatic carbocycles. The highest BCUT2D eigenvalue weighted by molar-refractivity contribution is 7.14. The van der Waals surface area contributed by atoms with Crippen molar-refractivity contribution >= 4 is 22.9 Å². The molecule has 1 saturated carbocycles. The number of nitrogens with zero attached hydrogens (tertiary/aromatic N) is 1. The molecular weight excluding hydrogens is 382 g/mol. The van der Waals surface area contributed by atoms with Crippen LogP contribution in [0.2, 0.25) is 0 Å². The fourth-order valence-corrected chi connectivity index (χ4v) is 5.86. The molecular formula is C24H37NO3S. The third-order valence-electron chi connectivity index (χ3n) is 6.60. The van der Waals surface area contributed by atoms with Crippen LogP contribution in [0.1, 0.15) is 86.3 Å². The Labute approximate surface area is 179 Å². The molecule has 162 valence electrons. The number of aliphatic hydroxyl groups is 1.